The SMILES string of the molecule is COc1ccccc1CC(=O)Nc1ccc(Cc2ccc(NC(=O)Cc3ccccc3OC)c(C(=O)O)c2)cc1C(=O)O. The first-order valence-corrected chi connectivity index (χ1v) is 13.2. The monoisotopic (exact) mass is 582 g/mol. The van der Waals surface area contributed by atoms with E-state index in [1.165, 1.54) is 38.5 Å². The summed E-state index contributed by atoms with van der Waals surface area (Å²) in [6.45, 7) is 0. The van der Waals surface area contributed by atoms with Crippen molar-refractivity contribution in [3.63, 3.8) is 0 Å². The van der Waals surface area contributed by atoms with Crippen molar-refractivity contribution in [2.24, 2.45) is 0 Å². The van der Waals surface area contributed by atoms with Gasteiger partial charge >= 0.3 is 11.9 Å². The van der Waals surface area contributed by atoms with Crippen LogP contribution in [0.1, 0.15) is 43.0 Å². The number of carbonyl (C=O) groups is 4. The van der Waals surface area contributed by atoms with Gasteiger partial charge in [0.1, 0.15) is 11.5 Å². The lowest BCUT2D eigenvalue weighted by Gasteiger charge is -2.13. The second-order valence-corrected chi connectivity index (χ2v) is 9.62. The van der Waals surface area contributed by atoms with Gasteiger partial charge in [-0.3, -0.25) is 9.59 Å². The smallest absolute Gasteiger partial charge is 0.337 e. The molecule has 0 fully saturated rings. The molecule has 4 rings (SSSR count). The summed E-state index contributed by atoms with van der Waals surface area (Å²) < 4.78 is 10.6. The quantitative estimate of drug-likeness (QED) is 0.181. The van der Waals surface area contributed by atoms with Gasteiger partial charge in [-0.05, 0) is 53.9 Å². The van der Waals surface area contributed by atoms with Gasteiger partial charge in [-0.2, -0.15) is 0 Å². The maximum atomic E-state index is 12.7. The first-order chi connectivity index (χ1) is 20.7. The van der Waals surface area contributed by atoms with Gasteiger partial charge in [-0.25, -0.2) is 9.59 Å². The number of benzene rings is 4. The van der Waals surface area contributed by atoms with E-state index in [1.807, 2.05) is 0 Å². The Kier molecular flexibility index (Phi) is 9.74. The molecule has 0 aliphatic carbocycles. The Morgan fingerprint density at radius 3 is 1.37 bits per heavy atom. The highest BCUT2D eigenvalue weighted by Crippen LogP contribution is 2.25. The molecule has 0 heterocycles. The molecule has 0 atom stereocenters. The van der Waals surface area contributed by atoms with Crippen molar-refractivity contribution in [1.82, 2.24) is 0 Å². The normalized spacial score (nSPS) is 10.5. The van der Waals surface area contributed by atoms with Crippen LogP contribution in [-0.4, -0.2) is 48.2 Å². The largest absolute Gasteiger partial charge is 0.496 e. The standard InChI is InChI=1S/C33H30N2O8/c1-42-28-9-5-3-7-22(28)18-30(36)34-26-13-11-20(16-24(26)32(38)39)15-21-12-14-27(25(17-21)33(40)41)35-31(37)19-23-8-4-6-10-29(23)43-2/h3-14,16-17H,15,18-19H2,1-2H3,(H,34,36)(H,35,37)(H,38,39)(H,40,41). The first-order valence-electron chi connectivity index (χ1n) is 13.2. The van der Waals surface area contributed by atoms with E-state index in [1.54, 1.807) is 60.7 Å². The van der Waals surface area contributed by atoms with E-state index in [0.717, 1.165) is 0 Å². The molecule has 0 unspecified atom stereocenters. The Bertz CT molecular complexity index is 1560. The Balaban J connectivity index is 1.49. The third kappa shape index (κ3) is 7.76. The Morgan fingerprint density at radius 1 is 0.605 bits per heavy atom. The number of nitrogens with one attached hydrogen (secondary N) is 2. The summed E-state index contributed by atoms with van der Waals surface area (Å²) in [6.07, 6.45) is 0.195. The fourth-order valence-electron chi connectivity index (χ4n) is 4.64. The Labute approximate surface area is 247 Å². The molecule has 4 N–H and O–H groups in total. The molecule has 4 aromatic rings. The van der Waals surface area contributed by atoms with Crippen LogP contribution in [0.15, 0.2) is 84.9 Å². The van der Waals surface area contributed by atoms with Gasteiger partial charge in [0.25, 0.3) is 0 Å². The molecule has 10 nitrogen and oxygen atoms in total. The summed E-state index contributed by atoms with van der Waals surface area (Å²) in [4.78, 5) is 49.5. The number of carboxylic acids is 2. The number of carbonyl (C=O) groups excluding carboxylic acids is 2. The second kappa shape index (κ2) is 13.8. The minimum absolute atomic E-state index is 0.00936. The van der Waals surface area contributed by atoms with Crippen molar-refractivity contribution in [3.05, 3.63) is 118 Å². The second-order valence-electron chi connectivity index (χ2n) is 9.62. The number of methoxy groups -OCH3 is 2. The highest BCUT2D eigenvalue weighted by molar-refractivity contribution is 6.02. The number of ether oxygens (including phenoxy) is 2. The zero-order chi connectivity index (χ0) is 30.9. The molecule has 0 saturated heterocycles. The van der Waals surface area contributed by atoms with Crippen LogP contribution in [-0.2, 0) is 28.9 Å². The lowest BCUT2D eigenvalue weighted by Crippen LogP contribution is -2.17. The van der Waals surface area contributed by atoms with Crippen molar-refractivity contribution in [1.29, 1.82) is 0 Å². The highest BCUT2D eigenvalue weighted by atomic mass is 16.5. The topological polar surface area (TPSA) is 151 Å². The van der Waals surface area contributed by atoms with E-state index in [4.69, 9.17) is 9.47 Å². The fourth-order valence-corrected chi connectivity index (χ4v) is 4.64. The lowest BCUT2D eigenvalue weighted by molar-refractivity contribution is -0.116. The number of aromatic carboxylic acids is 2. The molecule has 0 bridgehead atoms. The fraction of sp³-hybridized carbons (Fsp3) is 0.152. The third-order valence-electron chi connectivity index (χ3n) is 6.67. The van der Waals surface area contributed by atoms with Crippen LogP contribution in [0.5, 0.6) is 11.5 Å². The average molecular weight is 583 g/mol. The summed E-state index contributed by atoms with van der Waals surface area (Å²) in [7, 11) is 3.01. The van der Waals surface area contributed by atoms with E-state index in [9.17, 15) is 29.4 Å². The highest BCUT2D eigenvalue weighted by Gasteiger charge is 2.18. The molecule has 0 aliphatic rings. The zero-order valence-corrected chi connectivity index (χ0v) is 23.5. The predicted octanol–water partition coefficient (Wildman–Crippen LogP) is 5.05. The molecule has 0 aliphatic heterocycles. The van der Waals surface area contributed by atoms with E-state index in [2.05, 4.69) is 10.6 Å². The average Bonchev–Trinajstić information content (AvgIpc) is 2.99. The molecule has 0 spiro atoms. The Hall–Kier alpha value is -5.64. The number of anilines is 2. The van der Waals surface area contributed by atoms with E-state index < -0.39 is 23.8 Å². The van der Waals surface area contributed by atoms with Crippen LogP contribution in [0, 0.1) is 0 Å². The summed E-state index contributed by atoms with van der Waals surface area (Å²) in [5.74, 6) is -2.17. The van der Waals surface area contributed by atoms with Crippen molar-refractivity contribution in [2.75, 3.05) is 24.9 Å². The lowest BCUT2D eigenvalue weighted by atomic mass is 9.99. The van der Waals surface area contributed by atoms with Gasteiger partial charge in [0.2, 0.25) is 11.8 Å². The minimum atomic E-state index is -1.23. The molecule has 43 heavy (non-hydrogen) atoms. The number of carboxylic acid groups (broad SMARTS) is 2. The summed E-state index contributed by atoms with van der Waals surface area (Å²) in [5.41, 5.74) is 2.54. The molecule has 0 aromatic heterocycles. The Morgan fingerprint density at radius 2 is 1.00 bits per heavy atom. The number of rotatable bonds is 12. The number of hydrogen-bond acceptors (Lipinski definition) is 6. The van der Waals surface area contributed by atoms with Crippen molar-refractivity contribution < 1.29 is 38.9 Å². The van der Waals surface area contributed by atoms with Crippen LogP contribution in [0.3, 0.4) is 0 Å². The molecular weight excluding hydrogens is 552 g/mol. The molecular formula is C33H30N2O8. The molecule has 220 valence electrons. The number of hydrogen-bond donors (Lipinski definition) is 4. The van der Waals surface area contributed by atoms with E-state index in [0.29, 0.717) is 33.8 Å². The summed E-state index contributed by atoms with van der Waals surface area (Å²) in [6, 6.07) is 23.3. The van der Waals surface area contributed by atoms with Crippen LogP contribution in [0.4, 0.5) is 11.4 Å². The zero-order valence-electron chi connectivity index (χ0n) is 23.5. The number of amides is 2. The maximum absolute atomic E-state index is 12.7. The van der Waals surface area contributed by atoms with Gasteiger partial charge in [0.15, 0.2) is 0 Å². The van der Waals surface area contributed by atoms with E-state index >= 15 is 0 Å². The van der Waals surface area contributed by atoms with Gasteiger partial charge in [0, 0.05) is 11.1 Å². The molecule has 4 aromatic carbocycles. The van der Waals surface area contributed by atoms with Gasteiger partial charge in [-0.15, -0.1) is 0 Å². The van der Waals surface area contributed by atoms with Crippen molar-refractivity contribution in [3.8, 4) is 11.5 Å². The van der Waals surface area contributed by atoms with Crippen molar-refractivity contribution in [2.45, 2.75) is 19.3 Å². The van der Waals surface area contributed by atoms with Crippen molar-refractivity contribution >= 4 is 35.1 Å². The molecule has 2 amide bonds. The summed E-state index contributed by atoms with van der Waals surface area (Å²) >= 11 is 0. The molecule has 10 heteroatoms. The first kappa shape index (κ1) is 30.3. The maximum Gasteiger partial charge on any atom is 0.337 e. The van der Waals surface area contributed by atoms with Gasteiger partial charge in [0.05, 0.1) is 49.6 Å². The third-order valence-corrected chi connectivity index (χ3v) is 6.67. The predicted molar refractivity (Wildman–Crippen MR) is 160 cm³/mol. The van der Waals surface area contributed by atoms with Crippen LogP contribution in [0.2, 0.25) is 0 Å². The minimum Gasteiger partial charge on any atom is -0.496 e. The summed E-state index contributed by atoms with van der Waals surface area (Å²) in [5, 5.41) is 25.0. The van der Waals surface area contributed by atoms with Crippen LogP contribution < -0.4 is 20.1 Å². The van der Waals surface area contributed by atoms with E-state index in [-0.39, 0.29) is 41.8 Å². The molecule has 0 saturated carbocycles. The molecule has 0 radical (unpaired) electrons. The number of para-hydroxylation sites is 2. The van der Waals surface area contributed by atoms with Crippen LogP contribution in [0.25, 0.3) is 0 Å². The van der Waals surface area contributed by atoms with Crippen LogP contribution >= 0.6 is 0 Å². The van der Waals surface area contributed by atoms with Gasteiger partial charge in [-0.1, -0.05) is 48.5 Å². The van der Waals surface area contributed by atoms with Gasteiger partial charge < -0.3 is 30.3 Å².